The molecule has 1 aromatic carbocycles. The Kier molecular flexibility index (Phi) is 2.44. The number of benzene rings is 1. The second-order valence-electron chi connectivity index (χ2n) is 3.79. The van der Waals surface area contributed by atoms with Crippen LogP contribution in [0.1, 0.15) is 11.1 Å². The van der Waals surface area contributed by atoms with Gasteiger partial charge in [-0.2, -0.15) is 4.98 Å². The van der Waals surface area contributed by atoms with Gasteiger partial charge >= 0.3 is 0 Å². The standard InChI is InChI=1S/C11H13N3S/c1-7-4-8(2)6-9(5-7)10-12-11(15)14(3)13-10/h4-6H,1-3H3,(H,12,13,15). The van der Waals surface area contributed by atoms with E-state index >= 15 is 0 Å². The lowest BCUT2D eigenvalue weighted by molar-refractivity contribution is 0.756. The lowest BCUT2D eigenvalue weighted by Gasteiger charge is -2.01. The molecule has 15 heavy (non-hydrogen) atoms. The highest BCUT2D eigenvalue weighted by Crippen LogP contribution is 2.18. The van der Waals surface area contributed by atoms with Crippen molar-refractivity contribution in [2.24, 2.45) is 7.05 Å². The van der Waals surface area contributed by atoms with E-state index in [0.717, 1.165) is 11.4 Å². The molecular formula is C11H13N3S. The lowest BCUT2D eigenvalue weighted by atomic mass is 10.1. The summed E-state index contributed by atoms with van der Waals surface area (Å²) in [5, 5.41) is 3.12. The Morgan fingerprint density at radius 1 is 1.20 bits per heavy atom. The molecule has 0 fully saturated rings. The van der Waals surface area contributed by atoms with Gasteiger partial charge in [-0.05, 0) is 38.2 Å². The smallest absolute Gasteiger partial charge is 0.216 e. The number of hydrogen-bond acceptors (Lipinski definition) is 2. The second-order valence-corrected chi connectivity index (χ2v) is 4.16. The second kappa shape index (κ2) is 3.62. The summed E-state index contributed by atoms with van der Waals surface area (Å²) in [6, 6.07) is 6.34. The normalized spacial score (nSPS) is 10.6. The zero-order valence-electron chi connectivity index (χ0n) is 9.03. The van der Waals surface area contributed by atoms with E-state index < -0.39 is 0 Å². The summed E-state index contributed by atoms with van der Waals surface area (Å²) in [4.78, 5) is 4.28. The maximum Gasteiger partial charge on any atom is 0.216 e. The van der Waals surface area contributed by atoms with Gasteiger partial charge < -0.3 is 0 Å². The molecule has 0 aliphatic rings. The molecule has 0 spiro atoms. The number of nitrogens with one attached hydrogen (secondary N) is 1. The molecule has 2 aromatic rings. The Morgan fingerprint density at radius 3 is 2.27 bits per heavy atom. The minimum atomic E-state index is 0.573. The molecule has 0 radical (unpaired) electrons. The van der Waals surface area contributed by atoms with Crippen molar-refractivity contribution in [3.63, 3.8) is 0 Å². The van der Waals surface area contributed by atoms with Gasteiger partial charge in [0, 0.05) is 12.6 Å². The number of hydrogen-bond donors (Lipinski definition) is 1. The Labute approximate surface area is 93.8 Å². The summed E-state index contributed by atoms with van der Waals surface area (Å²) in [5.74, 6) is 0.828. The van der Waals surface area contributed by atoms with E-state index in [-0.39, 0.29) is 0 Å². The number of aromatic amines is 1. The molecule has 1 N–H and O–H groups in total. The number of aryl methyl sites for hydroxylation is 3. The molecule has 0 amide bonds. The van der Waals surface area contributed by atoms with Crippen molar-refractivity contribution in [3.8, 4) is 11.4 Å². The van der Waals surface area contributed by atoms with Crippen LogP contribution in [-0.4, -0.2) is 14.8 Å². The maximum atomic E-state index is 5.06. The molecule has 0 aliphatic carbocycles. The van der Waals surface area contributed by atoms with E-state index in [1.165, 1.54) is 11.1 Å². The van der Waals surface area contributed by atoms with Crippen LogP contribution in [0.25, 0.3) is 11.4 Å². The average Bonchev–Trinajstić information content (AvgIpc) is 2.45. The topological polar surface area (TPSA) is 33.6 Å². The van der Waals surface area contributed by atoms with Crippen LogP contribution >= 0.6 is 12.2 Å². The molecule has 0 bridgehead atoms. The average molecular weight is 219 g/mol. The molecule has 1 aromatic heterocycles. The van der Waals surface area contributed by atoms with Gasteiger partial charge in [-0.15, -0.1) is 0 Å². The van der Waals surface area contributed by atoms with Gasteiger partial charge in [0.1, 0.15) is 0 Å². The van der Waals surface area contributed by atoms with E-state index in [9.17, 15) is 0 Å². The van der Waals surface area contributed by atoms with Crippen LogP contribution < -0.4 is 0 Å². The molecule has 4 heteroatoms. The highest BCUT2D eigenvalue weighted by atomic mass is 32.1. The third-order valence-electron chi connectivity index (χ3n) is 2.26. The highest BCUT2D eigenvalue weighted by Gasteiger charge is 2.03. The van der Waals surface area contributed by atoms with Crippen LogP contribution in [0.4, 0.5) is 0 Å². The SMILES string of the molecule is Cc1cc(C)cc(-c2nc(=S)n(C)[nH]2)c1. The fourth-order valence-corrected chi connectivity index (χ4v) is 1.78. The molecule has 2 rings (SSSR count). The molecule has 3 nitrogen and oxygen atoms in total. The van der Waals surface area contributed by atoms with E-state index in [2.05, 4.69) is 42.1 Å². The maximum absolute atomic E-state index is 5.06. The van der Waals surface area contributed by atoms with Gasteiger partial charge in [0.05, 0.1) is 0 Å². The summed E-state index contributed by atoms with van der Waals surface area (Å²) < 4.78 is 2.31. The zero-order valence-corrected chi connectivity index (χ0v) is 9.85. The lowest BCUT2D eigenvalue weighted by Crippen LogP contribution is -1.90. The molecule has 1 heterocycles. The summed E-state index contributed by atoms with van der Waals surface area (Å²) in [5.41, 5.74) is 3.55. The molecule has 0 atom stereocenters. The Morgan fingerprint density at radius 2 is 1.80 bits per heavy atom. The summed E-state index contributed by atoms with van der Waals surface area (Å²) in [6.45, 7) is 4.15. The van der Waals surface area contributed by atoms with Gasteiger partial charge in [-0.25, -0.2) is 0 Å². The first kappa shape index (κ1) is 10.1. The predicted octanol–water partition coefficient (Wildman–Crippen LogP) is 2.76. The van der Waals surface area contributed by atoms with E-state index in [1.807, 2.05) is 7.05 Å². The van der Waals surface area contributed by atoms with Gasteiger partial charge in [-0.3, -0.25) is 9.78 Å². The van der Waals surface area contributed by atoms with E-state index in [4.69, 9.17) is 12.2 Å². The van der Waals surface area contributed by atoms with Crippen LogP contribution in [0, 0.1) is 18.6 Å². The fourth-order valence-electron chi connectivity index (χ4n) is 1.64. The molecule has 0 unspecified atom stereocenters. The molecule has 0 saturated heterocycles. The fraction of sp³-hybridized carbons (Fsp3) is 0.273. The zero-order chi connectivity index (χ0) is 11.0. The quantitative estimate of drug-likeness (QED) is 0.748. The number of rotatable bonds is 1. The van der Waals surface area contributed by atoms with Crippen LogP contribution in [0.3, 0.4) is 0 Å². The minimum Gasteiger partial charge on any atom is -0.279 e. The predicted molar refractivity (Wildman–Crippen MR) is 63.3 cm³/mol. The molecular weight excluding hydrogens is 206 g/mol. The van der Waals surface area contributed by atoms with Crippen molar-refractivity contribution in [3.05, 3.63) is 34.1 Å². The van der Waals surface area contributed by atoms with Crippen molar-refractivity contribution in [1.29, 1.82) is 0 Å². The first-order valence-electron chi connectivity index (χ1n) is 4.78. The Bertz CT molecular complexity index is 531. The third-order valence-corrected chi connectivity index (χ3v) is 2.63. The van der Waals surface area contributed by atoms with Crippen molar-refractivity contribution in [2.45, 2.75) is 13.8 Å². The van der Waals surface area contributed by atoms with Crippen molar-refractivity contribution in [2.75, 3.05) is 0 Å². The van der Waals surface area contributed by atoms with E-state index in [0.29, 0.717) is 4.77 Å². The Balaban J connectivity index is 2.58. The molecule has 0 aliphatic heterocycles. The van der Waals surface area contributed by atoms with Crippen LogP contribution in [-0.2, 0) is 7.05 Å². The number of nitrogens with zero attached hydrogens (tertiary/aromatic N) is 2. The van der Waals surface area contributed by atoms with Gasteiger partial charge in [0.25, 0.3) is 0 Å². The first-order chi connectivity index (χ1) is 7.06. The minimum absolute atomic E-state index is 0.573. The van der Waals surface area contributed by atoms with Gasteiger partial charge in [0.15, 0.2) is 5.82 Å². The molecule has 0 saturated carbocycles. The molecule has 78 valence electrons. The summed E-state index contributed by atoms with van der Waals surface area (Å²) >= 11 is 5.06. The van der Waals surface area contributed by atoms with Gasteiger partial charge in [-0.1, -0.05) is 17.2 Å². The summed E-state index contributed by atoms with van der Waals surface area (Å²) in [6.07, 6.45) is 0. The first-order valence-corrected chi connectivity index (χ1v) is 5.19. The number of H-pyrrole nitrogens is 1. The van der Waals surface area contributed by atoms with Gasteiger partial charge in [0.2, 0.25) is 4.77 Å². The van der Waals surface area contributed by atoms with Crippen molar-refractivity contribution in [1.82, 2.24) is 14.8 Å². The summed E-state index contributed by atoms with van der Waals surface area (Å²) in [7, 11) is 1.86. The van der Waals surface area contributed by atoms with Crippen LogP contribution in [0.2, 0.25) is 0 Å². The highest BCUT2D eigenvalue weighted by molar-refractivity contribution is 7.71. The largest absolute Gasteiger partial charge is 0.279 e. The van der Waals surface area contributed by atoms with E-state index in [1.54, 1.807) is 4.68 Å². The van der Waals surface area contributed by atoms with Crippen molar-refractivity contribution >= 4 is 12.2 Å². The van der Waals surface area contributed by atoms with Crippen LogP contribution in [0.5, 0.6) is 0 Å². The van der Waals surface area contributed by atoms with Crippen molar-refractivity contribution < 1.29 is 0 Å². The number of aromatic nitrogens is 3. The monoisotopic (exact) mass is 219 g/mol. The Hall–Kier alpha value is -1.42. The van der Waals surface area contributed by atoms with Crippen LogP contribution in [0.15, 0.2) is 18.2 Å². The third kappa shape index (κ3) is 1.99.